The Morgan fingerprint density at radius 1 is 0.963 bits per heavy atom. The molecule has 0 aliphatic rings. The first-order valence-electron chi connectivity index (χ1n) is 7.96. The third kappa shape index (κ3) is 4.24. The zero-order valence-corrected chi connectivity index (χ0v) is 14.5. The summed E-state index contributed by atoms with van der Waals surface area (Å²) in [4.78, 5) is 0. The molecule has 1 unspecified atom stereocenters. The molecule has 2 nitrogen and oxygen atoms in total. The van der Waals surface area contributed by atoms with Crippen molar-refractivity contribution in [1.82, 2.24) is 9.78 Å². The van der Waals surface area contributed by atoms with Gasteiger partial charge in [-0.25, -0.2) is 26.6 Å². The molecule has 27 heavy (non-hydrogen) atoms. The van der Waals surface area contributed by atoms with Crippen molar-refractivity contribution in [3.8, 4) is 5.69 Å². The molecule has 7 heteroatoms. The first-order chi connectivity index (χ1) is 12.9. The van der Waals surface area contributed by atoms with Gasteiger partial charge in [-0.05, 0) is 29.8 Å². The van der Waals surface area contributed by atoms with Gasteiger partial charge in [0.25, 0.3) is 6.43 Å². The van der Waals surface area contributed by atoms with Crippen LogP contribution >= 0.6 is 0 Å². The van der Waals surface area contributed by atoms with Gasteiger partial charge < -0.3 is 0 Å². The van der Waals surface area contributed by atoms with Crippen molar-refractivity contribution < 1.29 is 22.0 Å². The zero-order valence-electron chi connectivity index (χ0n) is 14.5. The number of hydrogen-bond donors (Lipinski definition) is 0. The van der Waals surface area contributed by atoms with Gasteiger partial charge >= 0.3 is 0 Å². The van der Waals surface area contributed by atoms with Crippen LogP contribution < -0.4 is 0 Å². The summed E-state index contributed by atoms with van der Waals surface area (Å²) >= 11 is 0. The summed E-state index contributed by atoms with van der Waals surface area (Å²) in [5, 5.41) is 3.89. The minimum Gasteiger partial charge on any atom is -0.240 e. The van der Waals surface area contributed by atoms with Crippen LogP contribution in [0.1, 0.15) is 36.1 Å². The standard InChI is InChI=1S/C18H13F5N2.C2H4/c1-10(11-7-14(19)16(21)15(20)8-11)13-9-25(24-17(13)18(22)23)12-5-3-2-4-6-12;1-2/h2-10,18H,1H3;1-2H2. The van der Waals surface area contributed by atoms with Crippen molar-refractivity contribution in [3.63, 3.8) is 0 Å². The molecule has 1 aromatic heterocycles. The van der Waals surface area contributed by atoms with E-state index < -0.39 is 35.5 Å². The van der Waals surface area contributed by atoms with Crippen LogP contribution in [0.2, 0.25) is 0 Å². The molecule has 142 valence electrons. The highest BCUT2D eigenvalue weighted by Crippen LogP contribution is 2.33. The maximum absolute atomic E-state index is 13.5. The fraction of sp³-hybridized carbons (Fsp3) is 0.150. The van der Waals surface area contributed by atoms with Crippen LogP contribution in [0.5, 0.6) is 0 Å². The number of rotatable bonds is 4. The number of alkyl halides is 2. The molecular weight excluding hydrogens is 363 g/mol. The Labute approximate surface area is 153 Å². The van der Waals surface area contributed by atoms with E-state index in [9.17, 15) is 22.0 Å². The molecular formula is C20H17F5N2. The van der Waals surface area contributed by atoms with Crippen LogP contribution in [-0.2, 0) is 0 Å². The fourth-order valence-electron chi connectivity index (χ4n) is 2.62. The van der Waals surface area contributed by atoms with E-state index in [-0.39, 0.29) is 11.1 Å². The topological polar surface area (TPSA) is 17.8 Å². The van der Waals surface area contributed by atoms with Crippen LogP contribution in [0.25, 0.3) is 5.69 Å². The Hall–Kier alpha value is -2.96. The molecule has 0 saturated carbocycles. The van der Waals surface area contributed by atoms with Gasteiger partial charge in [-0.1, -0.05) is 25.1 Å². The molecule has 0 amide bonds. The van der Waals surface area contributed by atoms with Crippen molar-refractivity contribution in [1.29, 1.82) is 0 Å². The molecule has 0 aliphatic heterocycles. The van der Waals surface area contributed by atoms with E-state index in [1.54, 1.807) is 30.3 Å². The lowest BCUT2D eigenvalue weighted by atomic mass is 9.93. The second kappa shape index (κ2) is 8.62. The number of nitrogens with zero attached hydrogens (tertiary/aromatic N) is 2. The maximum atomic E-state index is 13.5. The monoisotopic (exact) mass is 380 g/mol. The van der Waals surface area contributed by atoms with Crippen molar-refractivity contribution in [2.75, 3.05) is 0 Å². The van der Waals surface area contributed by atoms with E-state index >= 15 is 0 Å². The third-order valence-corrected chi connectivity index (χ3v) is 3.97. The molecule has 1 atom stereocenters. The number of benzene rings is 2. The predicted molar refractivity (Wildman–Crippen MR) is 93.6 cm³/mol. The van der Waals surface area contributed by atoms with Gasteiger partial charge in [-0.3, -0.25) is 0 Å². The molecule has 2 aromatic carbocycles. The predicted octanol–water partition coefficient (Wildman–Crippen LogP) is 6.18. The summed E-state index contributed by atoms with van der Waals surface area (Å²) in [6.45, 7) is 7.50. The Morgan fingerprint density at radius 3 is 2.04 bits per heavy atom. The molecule has 3 rings (SSSR count). The first-order valence-corrected chi connectivity index (χ1v) is 7.96. The zero-order chi connectivity index (χ0) is 20.1. The minimum atomic E-state index is -2.86. The SMILES string of the molecule is C=C.CC(c1cc(F)c(F)c(F)c1)c1cn(-c2ccccc2)nc1C(F)F. The molecule has 1 heterocycles. The van der Waals surface area contributed by atoms with Crippen LogP contribution in [-0.4, -0.2) is 9.78 Å². The average Bonchev–Trinajstić information content (AvgIpc) is 3.13. The number of aromatic nitrogens is 2. The van der Waals surface area contributed by atoms with Crippen LogP contribution in [0.15, 0.2) is 61.8 Å². The lowest BCUT2D eigenvalue weighted by Gasteiger charge is -2.12. The van der Waals surface area contributed by atoms with Crippen molar-refractivity contribution in [2.45, 2.75) is 19.3 Å². The summed E-state index contributed by atoms with van der Waals surface area (Å²) in [6, 6.07) is 10.2. The molecule has 3 aromatic rings. The summed E-state index contributed by atoms with van der Waals surface area (Å²) in [7, 11) is 0. The molecule has 0 aliphatic carbocycles. The lowest BCUT2D eigenvalue weighted by molar-refractivity contribution is 0.144. The van der Waals surface area contributed by atoms with Crippen LogP contribution in [0.4, 0.5) is 22.0 Å². The van der Waals surface area contributed by atoms with Crippen LogP contribution in [0.3, 0.4) is 0 Å². The third-order valence-electron chi connectivity index (χ3n) is 3.97. The van der Waals surface area contributed by atoms with Gasteiger partial charge in [0, 0.05) is 17.7 Å². The molecule has 0 fully saturated rings. The largest absolute Gasteiger partial charge is 0.282 e. The summed E-state index contributed by atoms with van der Waals surface area (Å²) in [5.74, 6) is -5.12. The summed E-state index contributed by atoms with van der Waals surface area (Å²) in [6.07, 6.45) is -1.47. The highest BCUT2D eigenvalue weighted by atomic mass is 19.3. The normalized spacial score (nSPS) is 11.8. The fourth-order valence-corrected chi connectivity index (χ4v) is 2.62. The number of halogens is 5. The van der Waals surface area contributed by atoms with Gasteiger partial charge in [-0.2, -0.15) is 5.10 Å². The lowest BCUT2D eigenvalue weighted by Crippen LogP contribution is -2.03. The molecule has 0 saturated heterocycles. The smallest absolute Gasteiger partial charge is 0.240 e. The van der Waals surface area contributed by atoms with Gasteiger partial charge in [0.2, 0.25) is 0 Å². The van der Waals surface area contributed by atoms with E-state index in [1.807, 2.05) is 0 Å². The number of hydrogen-bond acceptors (Lipinski definition) is 1. The van der Waals surface area contributed by atoms with E-state index in [1.165, 1.54) is 17.8 Å². The van der Waals surface area contributed by atoms with E-state index in [0.717, 1.165) is 12.1 Å². The average molecular weight is 380 g/mol. The van der Waals surface area contributed by atoms with Crippen molar-refractivity contribution in [2.24, 2.45) is 0 Å². The highest BCUT2D eigenvalue weighted by molar-refractivity contribution is 5.38. The van der Waals surface area contributed by atoms with Gasteiger partial charge in [0.1, 0.15) is 5.69 Å². The number of para-hydroxylation sites is 1. The van der Waals surface area contributed by atoms with Gasteiger partial charge in [-0.15, -0.1) is 13.2 Å². The van der Waals surface area contributed by atoms with Crippen LogP contribution in [0, 0.1) is 17.5 Å². The van der Waals surface area contributed by atoms with Crippen molar-refractivity contribution in [3.05, 3.63) is 96.1 Å². The summed E-state index contributed by atoms with van der Waals surface area (Å²) < 4.78 is 68.1. The van der Waals surface area contributed by atoms with Gasteiger partial charge in [0.05, 0.1) is 5.69 Å². The minimum absolute atomic E-state index is 0.0471. The Morgan fingerprint density at radius 2 is 1.52 bits per heavy atom. The van der Waals surface area contributed by atoms with E-state index in [0.29, 0.717) is 5.69 Å². The highest BCUT2D eigenvalue weighted by Gasteiger charge is 2.25. The van der Waals surface area contributed by atoms with Crippen molar-refractivity contribution >= 4 is 0 Å². The molecule has 0 spiro atoms. The molecule has 0 N–H and O–H groups in total. The molecule has 0 radical (unpaired) electrons. The Bertz CT molecular complexity index is 883. The Kier molecular flexibility index (Phi) is 6.50. The van der Waals surface area contributed by atoms with E-state index in [2.05, 4.69) is 18.3 Å². The second-order valence-corrected chi connectivity index (χ2v) is 5.57. The van der Waals surface area contributed by atoms with Gasteiger partial charge in [0.15, 0.2) is 17.5 Å². The second-order valence-electron chi connectivity index (χ2n) is 5.57. The first kappa shape index (κ1) is 20.4. The maximum Gasteiger partial charge on any atom is 0.282 e. The summed E-state index contributed by atoms with van der Waals surface area (Å²) in [5.41, 5.74) is 0.246. The van der Waals surface area contributed by atoms with E-state index in [4.69, 9.17) is 0 Å². The molecule has 0 bridgehead atoms. The quantitative estimate of drug-likeness (QED) is 0.300. The Balaban J connectivity index is 0.00000126.